The molecule has 0 bridgehead atoms. The van der Waals surface area contributed by atoms with E-state index in [1.54, 1.807) is 12.1 Å². The van der Waals surface area contributed by atoms with Crippen molar-refractivity contribution in [2.75, 3.05) is 0 Å². The summed E-state index contributed by atoms with van der Waals surface area (Å²) in [5, 5.41) is 22.1. The number of phenols is 2. The smallest absolute Gasteiger partial charge is 0.123 e. The van der Waals surface area contributed by atoms with Crippen molar-refractivity contribution in [3.8, 4) is 11.5 Å². The molecule has 3 nitrogen and oxygen atoms in total. The van der Waals surface area contributed by atoms with Crippen LogP contribution in [0.5, 0.6) is 11.5 Å². The Morgan fingerprint density at radius 1 is 1.16 bits per heavy atom. The molecule has 0 spiro atoms. The van der Waals surface area contributed by atoms with Crippen molar-refractivity contribution in [3.05, 3.63) is 59.4 Å². The lowest BCUT2D eigenvalue weighted by Gasteiger charge is -2.15. The summed E-state index contributed by atoms with van der Waals surface area (Å²) in [7, 11) is 0. The number of hydrogen-bond donors (Lipinski definition) is 3. The zero-order chi connectivity index (χ0) is 13.8. The van der Waals surface area contributed by atoms with E-state index in [-0.39, 0.29) is 23.4 Å². The van der Waals surface area contributed by atoms with E-state index in [9.17, 15) is 14.6 Å². The average Bonchev–Trinajstić information content (AvgIpc) is 2.37. The summed E-state index contributed by atoms with van der Waals surface area (Å²) >= 11 is 0. The molecule has 0 aliphatic heterocycles. The highest BCUT2D eigenvalue weighted by Crippen LogP contribution is 2.23. The van der Waals surface area contributed by atoms with Gasteiger partial charge in [-0.25, -0.2) is 4.39 Å². The molecule has 100 valence electrons. The minimum absolute atomic E-state index is 0.0272. The van der Waals surface area contributed by atoms with E-state index in [0.29, 0.717) is 12.1 Å². The van der Waals surface area contributed by atoms with Crippen LogP contribution in [0, 0.1) is 5.82 Å². The highest BCUT2D eigenvalue weighted by atomic mass is 19.1. The Labute approximate surface area is 111 Å². The number of halogens is 1. The van der Waals surface area contributed by atoms with Gasteiger partial charge in [0.2, 0.25) is 0 Å². The van der Waals surface area contributed by atoms with Crippen molar-refractivity contribution in [2.45, 2.75) is 19.5 Å². The molecule has 4 heteroatoms. The van der Waals surface area contributed by atoms with Crippen LogP contribution in [0.1, 0.15) is 24.1 Å². The van der Waals surface area contributed by atoms with Crippen LogP contribution in [-0.2, 0) is 6.54 Å². The number of phenolic OH excluding ortho intramolecular Hbond substituents is 2. The highest BCUT2D eigenvalue weighted by molar-refractivity contribution is 5.38. The van der Waals surface area contributed by atoms with Crippen LogP contribution in [0.4, 0.5) is 4.39 Å². The molecular formula is C15H16FNO2. The standard InChI is InChI=1S/C15H16FNO2/c1-10(11-3-2-4-13(16)7-11)17-9-12-5-6-14(18)8-15(12)19/h2-8,10,17-19H,9H2,1H3/t10-/m0/s1. The fraction of sp³-hybridized carbons (Fsp3) is 0.200. The van der Waals surface area contributed by atoms with Crippen molar-refractivity contribution in [3.63, 3.8) is 0 Å². The molecule has 2 rings (SSSR count). The predicted octanol–water partition coefficient (Wildman–Crippen LogP) is 3.09. The summed E-state index contributed by atoms with van der Waals surface area (Å²) in [6.45, 7) is 2.36. The van der Waals surface area contributed by atoms with Gasteiger partial charge in [0.25, 0.3) is 0 Å². The zero-order valence-electron chi connectivity index (χ0n) is 10.6. The fourth-order valence-electron chi connectivity index (χ4n) is 1.86. The van der Waals surface area contributed by atoms with Crippen LogP contribution < -0.4 is 5.32 Å². The third-order valence-corrected chi connectivity index (χ3v) is 3.02. The Kier molecular flexibility index (Phi) is 4.02. The molecule has 0 saturated carbocycles. The molecule has 2 aromatic carbocycles. The van der Waals surface area contributed by atoms with Gasteiger partial charge in [-0.1, -0.05) is 18.2 Å². The Morgan fingerprint density at radius 3 is 2.63 bits per heavy atom. The second-order valence-electron chi connectivity index (χ2n) is 4.47. The van der Waals surface area contributed by atoms with E-state index in [1.807, 2.05) is 13.0 Å². The molecule has 19 heavy (non-hydrogen) atoms. The molecule has 0 aliphatic rings. The van der Waals surface area contributed by atoms with E-state index in [0.717, 1.165) is 5.56 Å². The molecular weight excluding hydrogens is 245 g/mol. The van der Waals surface area contributed by atoms with Gasteiger partial charge in [-0.05, 0) is 30.7 Å². The van der Waals surface area contributed by atoms with E-state index >= 15 is 0 Å². The molecule has 0 saturated heterocycles. The minimum Gasteiger partial charge on any atom is -0.508 e. The first-order valence-corrected chi connectivity index (χ1v) is 6.06. The van der Waals surface area contributed by atoms with Crippen LogP contribution in [0.2, 0.25) is 0 Å². The van der Waals surface area contributed by atoms with Gasteiger partial charge in [0, 0.05) is 24.2 Å². The summed E-state index contributed by atoms with van der Waals surface area (Å²) in [6.07, 6.45) is 0. The molecule has 0 fully saturated rings. The second kappa shape index (κ2) is 5.71. The molecule has 0 unspecified atom stereocenters. The van der Waals surface area contributed by atoms with Gasteiger partial charge >= 0.3 is 0 Å². The lowest BCUT2D eigenvalue weighted by Crippen LogP contribution is -2.18. The van der Waals surface area contributed by atoms with Gasteiger partial charge in [0.15, 0.2) is 0 Å². The lowest BCUT2D eigenvalue weighted by molar-refractivity contribution is 0.441. The molecule has 1 atom stereocenters. The molecule has 0 amide bonds. The van der Waals surface area contributed by atoms with Crippen molar-refractivity contribution in [1.82, 2.24) is 5.32 Å². The Bertz CT molecular complexity index is 572. The minimum atomic E-state index is -0.265. The SMILES string of the molecule is C[C@H](NCc1ccc(O)cc1O)c1cccc(F)c1. The molecule has 0 aliphatic carbocycles. The largest absolute Gasteiger partial charge is 0.508 e. The van der Waals surface area contributed by atoms with Crippen LogP contribution in [-0.4, -0.2) is 10.2 Å². The molecule has 0 aromatic heterocycles. The fourth-order valence-corrected chi connectivity index (χ4v) is 1.86. The van der Waals surface area contributed by atoms with Crippen molar-refractivity contribution >= 4 is 0 Å². The van der Waals surface area contributed by atoms with E-state index in [1.165, 1.54) is 24.3 Å². The zero-order valence-corrected chi connectivity index (χ0v) is 10.6. The van der Waals surface area contributed by atoms with Gasteiger partial charge < -0.3 is 15.5 Å². The van der Waals surface area contributed by atoms with Crippen LogP contribution in [0.25, 0.3) is 0 Å². The maximum atomic E-state index is 13.1. The van der Waals surface area contributed by atoms with Crippen molar-refractivity contribution < 1.29 is 14.6 Å². The van der Waals surface area contributed by atoms with E-state index < -0.39 is 0 Å². The average molecular weight is 261 g/mol. The Morgan fingerprint density at radius 2 is 1.95 bits per heavy atom. The van der Waals surface area contributed by atoms with Crippen molar-refractivity contribution in [1.29, 1.82) is 0 Å². The monoisotopic (exact) mass is 261 g/mol. The molecule has 0 radical (unpaired) electrons. The topological polar surface area (TPSA) is 52.5 Å². The number of aromatic hydroxyl groups is 2. The normalized spacial score (nSPS) is 12.3. The molecule has 2 aromatic rings. The quantitative estimate of drug-likeness (QED) is 0.792. The predicted molar refractivity (Wildman–Crippen MR) is 71.4 cm³/mol. The van der Waals surface area contributed by atoms with Crippen LogP contribution in [0.3, 0.4) is 0 Å². The van der Waals surface area contributed by atoms with Gasteiger partial charge in [0.1, 0.15) is 17.3 Å². The third kappa shape index (κ3) is 3.45. The highest BCUT2D eigenvalue weighted by Gasteiger charge is 2.08. The first kappa shape index (κ1) is 13.4. The number of rotatable bonds is 4. The van der Waals surface area contributed by atoms with Gasteiger partial charge in [-0.3, -0.25) is 0 Å². The Hall–Kier alpha value is -2.07. The van der Waals surface area contributed by atoms with Gasteiger partial charge in [-0.15, -0.1) is 0 Å². The molecule has 3 N–H and O–H groups in total. The van der Waals surface area contributed by atoms with Gasteiger partial charge in [0.05, 0.1) is 0 Å². The first-order valence-electron chi connectivity index (χ1n) is 6.06. The van der Waals surface area contributed by atoms with Crippen molar-refractivity contribution in [2.24, 2.45) is 0 Å². The maximum Gasteiger partial charge on any atom is 0.123 e. The number of nitrogens with one attached hydrogen (secondary N) is 1. The van der Waals surface area contributed by atoms with Crippen LogP contribution >= 0.6 is 0 Å². The summed E-state index contributed by atoms with van der Waals surface area (Å²) < 4.78 is 13.1. The molecule has 0 heterocycles. The van der Waals surface area contributed by atoms with Crippen LogP contribution in [0.15, 0.2) is 42.5 Å². The maximum absolute atomic E-state index is 13.1. The lowest BCUT2D eigenvalue weighted by atomic mass is 10.1. The number of benzene rings is 2. The first-order chi connectivity index (χ1) is 9.06. The Balaban J connectivity index is 2.02. The van der Waals surface area contributed by atoms with E-state index in [2.05, 4.69) is 5.32 Å². The summed E-state index contributed by atoms with van der Waals surface area (Å²) in [5.74, 6) is -0.197. The second-order valence-corrected chi connectivity index (χ2v) is 4.47. The van der Waals surface area contributed by atoms with E-state index in [4.69, 9.17) is 0 Å². The summed E-state index contributed by atoms with van der Waals surface area (Å²) in [5.41, 5.74) is 1.53. The summed E-state index contributed by atoms with van der Waals surface area (Å²) in [4.78, 5) is 0. The third-order valence-electron chi connectivity index (χ3n) is 3.02. The van der Waals surface area contributed by atoms with Gasteiger partial charge in [-0.2, -0.15) is 0 Å². The summed E-state index contributed by atoms with van der Waals surface area (Å²) in [6, 6.07) is 10.8. The number of hydrogen-bond acceptors (Lipinski definition) is 3.